The van der Waals surface area contributed by atoms with Crippen molar-refractivity contribution in [2.75, 3.05) is 0 Å². The average molecular weight is 243 g/mol. The summed E-state index contributed by atoms with van der Waals surface area (Å²) in [7, 11) is 0. The molecule has 100 valence electrons. The molecular formula is C13H25NO3. The first-order chi connectivity index (χ1) is 7.81. The number of carboxylic acids is 1. The van der Waals surface area contributed by atoms with Crippen molar-refractivity contribution in [1.82, 2.24) is 4.90 Å². The zero-order valence-electron chi connectivity index (χ0n) is 11.6. The predicted molar refractivity (Wildman–Crippen MR) is 67.8 cm³/mol. The molecule has 0 aromatic rings. The summed E-state index contributed by atoms with van der Waals surface area (Å²) in [6.07, 6.45) is 1.71. The van der Waals surface area contributed by atoms with E-state index in [1.807, 2.05) is 20.8 Å². The van der Waals surface area contributed by atoms with Crippen LogP contribution >= 0.6 is 0 Å². The highest BCUT2D eigenvalue weighted by atomic mass is 16.4. The molecule has 1 N–H and O–H groups in total. The van der Waals surface area contributed by atoms with Gasteiger partial charge in [0.15, 0.2) is 0 Å². The fraction of sp³-hybridized carbons (Fsp3) is 0.846. The van der Waals surface area contributed by atoms with Gasteiger partial charge in [-0.1, -0.05) is 20.3 Å². The Morgan fingerprint density at radius 2 is 1.71 bits per heavy atom. The van der Waals surface area contributed by atoms with Crippen LogP contribution in [0, 0.1) is 5.92 Å². The van der Waals surface area contributed by atoms with Crippen molar-refractivity contribution in [1.29, 1.82) is 0 Å². The predicted octanol–water partition coefficient (Wildman–Crippen LogP) is 2.52. The highest BCUT2D eigenvalue weighted by Crippen LogP contribution is 2.19. The zero-order valence-corrected chi connectivity index (χ0v) is 11.6. The smallest absolute Gasteiger partial charge is 0.312 e. The third kappa shape index (κ3) is 5.20. The molecule has 17 heavy (non-hydrogen) atoms. The fourth-order valence-electron chi connectivity index (χ4n) is 2.18. The van der Waals surface area contributed by atoms with Crippen molar-refractivity contribution in [3.8, 4) is 0 Å². The molecular weight excluding hydrogens is 218 g/mol. The van der Waals surface area contributed by atoms with E-state index >= 15 is 0 Å². The van der Waals surface area contributed by atoms with Crippen LogP contribution in [0.2, 0.25) is 0 Å². The number of aliphatic carboxylic acids is 1. The van der Waals surface area contributed by atoms with Gasteiger partial charge in [0.1, 0.15) is 6.42 Å². The maximum Gasteiger partial charge on any atom is 0.312 e. The van der Waals surface area contributed by atoms with E-state index in [9.17, 15) is 9.59 Å². The molecule has 2 atom stereocenters. The monoisotopic (exact) mass is 243 g/mol. The minimum atomic E-state index is -1.06. The second-order valence-corrected chi connectivity index (χ2v) is 4.97. The summed E-state index contributed by atoms with van der Waals surface area (Å²) in [4.78, 5) is 24.2. The molecule has 0 aliphatic heterocycles. The van der Waals surface area contributed by atoms with Crippen LogP contribution in [-0.2, 0) is 9.59 Å². The molecule has 0 fully saturated rings. The molecule has 0 aromatic carbocycles. The van der Waals surface area contributed by atoms with Gasteiger partial charge in [-0.15, -0.1) is 0 Å². The Morgan fingerprint density at radius 3 is 2.06 bits per heavy atom. The molecule has 4 heteroatoms. The van der Waals surface area contributed by atoms with Crippen molar-refractivity contribution in [3.05, 3.63) is 0 Å². The standard InChI is InChI=1S/C13H25NO3/c1-6-7-10(4)11(5)14(9(2)3)12(15)8-13(16)17/h9-11H,6-8H2,1-5H3,(H,16,17). The van der Waals surface area contributed by atoms with Gasteiger partial charge in [0.25, 0.3) is 0 Å². The first kappa shape index (κ1) is 15.9. The second-order valence-electron chi connectivity index (χ2n) is 4.97. The van der Waals surface area contributed by atoms with Gasteiger partial charge in [0.2, 0.25) is 5.91 Å². The molecule has 4 nitrogen and oxygen atoms in total. The summed E-state index contributed by atoms with van der Waals surface area (Å²) in [6, 6.07) is 0.123. The SMILES string of the molecule is CCCC(C)C(C)N(C(=O)CC(=O)O)C(C)C. The van der Waals surface area contributed by atoms with E-state index in [4.69, 9.17) is 5.11 Å². The molecule has 0 heterocycles. The minimum Gasteiger partial charge on any atom is -0.481 e. The Morgan fingerprint density at radius 1 is 1.18 bits per heavy atom. The van der Waals surface area contributed by atoms with Crippen LogP contribution in [0.1, 0.15) is 53.9 Å². The molecule has 0 saturated carbocycles. The van der Waals surface area contributed by atoms with Crippen LogP contribution in [0.25, 0.3) is 0 Å². The van der Waals surface area contributed by atoms with Crippen molar-refractivity contribution in [2.45, 2.75) is 66.0 Å². The van der Waals surface area contributed by atoms with E-state index in [0.717, 1.165) is 12.8 Å². The number of hydrogen-bond donors (Lipinski definition) is 1. The third-order valence-electron chi connectivity index (χ3n) is 3.15. The zero-order chi connectivity index (χ0) is 13.6. The number of hydrogen-bond acceptors (Lipinski definition) is 2. The Hall–Kier alpha value is -1.06. The topological polar surface area (TPSA) is 57.6 Å². The lowest BCUT2D eigenvalue weighted by Gasteiger charge is -2.36. The summed E-state index contributed by atoms with van der Waals surface area (Å²) < 4.78 is 0. The molecule has 0 saturated heterocycles. The lowest BCUT2D eigenvalue weighted by molar-refractivity contribution is -0.146. The molecule has 0 rings (SSSR count). The quantitative estimate of drug-likeness (QED) is 0.699. The summed E-state index contributed by atoms with van der Waals surface area (Å²) >= 11 is 0. The minimum absolute atomic E-state index is 0.0381. The van der Waals surface area contributed by atoms with Gasteiger partial charge in [-0.3, -0.25) is 9.59 Å². The summed E-state index contributed by atoms with van der Waals surface area (Å²) in [5.41, 5.74) is 0. The molecule has 0 aromatic heterocycles. The van der Waals surface area contributed by atoms with E-state index in [1.165, 1.54) is 0 Å². The van der Waals surface area contributed by atoms with Crippen molar-refractivity contribution < 1.29 is 14.7 Å². The average Bonchev–Trinajstić information content (AvgIpc) is 2.15. The van der Waals surface area contributed by atoms with E-state index in [-0.39, 0.29) is 18.0 Å². The molecule has 0 aliphatic carbocycles. The van der Waals surface area contributed by atoms with E-state index in [1.54, 1.807) is 4.90 Å². The van der Waals surface area contributed by atoms with Crippen molar-refractivity contribution in [2.24, 2.45) is 5.92 Å². The Balaban J connectivity index is 4.72. The lowest BCUT2D eigenvalue weighted by Crippen LogP contribution is -2.46. The van der Waals surface area contributed by atoms with Gasteiger partial charge in [-0.2, -0.15) is 0 Å². The number of carboxylic acid groups (broad SMARTS) is 1. The van der Waals surface area contributed by atoms with Gasteiger partial charge in [0, 0.05) is 12.1 Å². The maximum absolute atomic E-state index is 11.9. The second kappa shape index (κ2) is 7.30. The van der Waals surface area contributed by atoms with E-state index in [2.05, 4.69) is 13.8 Å². The fourth-order valence-corrected chi connectivity index (χ4v) is 2.18. The number of rotatable bonds is 7. The van der Waals surface area contributed by atoms with E-state index < -0.39 is 12.4 Å². The summed E-state index contributed by atoms with van der Waals surface area (Å²) in [5, 5.41) is 8.69. The van der Waals surface area contributed by atoms with Crippen LogP contribution in [-0.4, -0.2) is 34.0 Å². The van der Waals surface area contributed by atoms with Crippen molar-refractivity contribution >= 4 is 11.9 Å². The number of amides is 1. The molecule has 0 spiro atoms. The van der Waals surface area contributed by atoms with Crippen LogP contribution in [0.4, 0.5) is 0 Å². The lowest BCUT2D eigenvalue weighted by atomic mass is 9.95. The number of carbonyl (C=O) groups excluding carboxylic acids is 1. The molecule has 0 bridgehead atoms. The highest BCUT2D eigenvalue weighted by Gasteiger charge is 2.27. The van der Waals surface area contributed by atoms with Crippen molar-refractivity contribution in [3.63, 3.8) is 0 Å². The Labute approximate surface area is 104 Å². The largest absolute Gasteiger partial charge is 0.481 e. The number of carbonyl (C=O) groups is 2. The molecule has 0 aliphatic rings. The Bertz CT molecular complexity index is 263. The highest BCUT2D eigenvalue weighted by molar-refractivity contribution is 5.93. The Kier molecular flexibility index (Phi) is 6.85. The first-order valence-electron chi connectivity index (χ1n) is 6.34. The summed E-state index contributed by atoms with van der Waals surface area (Å²) in [5.74, 6) is -0.959. The van der Waals surface area contributed by atoms with Gasteiger partial charge in [-0.25, -0.2) is 0 Å². The first-order valence-corrected chi connectivity index (χ1v) is 6.34. The van der Waals surface area contributed by atoms with Crippen LogP contribution in [0.15, 0.2) is 0 Å². The van der Waals surface area contributed by atoms with Gasteiger partial charge >= 0.3 is 5.97 Å². The van der Waals surface area contributed by atoms with Crippen LogP contribution < -0.4 is 0 Å². The van der Waals surface area contributed by atoms with E-state index in [0.29, 0.717) is 5.92 Å². The molecule has 2 unspecified atom stereocenters. The normalized spacial score (nSPS) is 14.5. The van der Waals surface area contributed by atoms with Gasteiger partial charge in [-0.05, 0) is 33.1 Å². The van der Waals surface area contributed by atoms with Crippen LogP contribution in [0.5, 0.6) is 0 Å². The molecule has 0 radical (unpaired) electrons. The van der Waals surface area contributed by atoms with Gasteiger partial charge < -0.3 is 10.0 Å². The number of nitrogens with zero attached hydrogens (tertiary/aromatic N) is 1. The van der Waals surface area contributed by atoms with Crippen LogP contribution in [0.3, 0.4) is 0 Å². The maximum atomic E-state index is 11.9. The molecule has 1 amide bonds. The summed E-state index contributed by atoms with van der Waals surface area (Å²) in [6.45, 7) is 10.1. The van der Waals surface area contributed by atoms with Gasteiger partial charge in [0.05, 0.1) is 0 Å². The third-order valence-corrected chi connectivity index (χ3v) is 3.15.